The maximum Gasteiger partial charge on any atom is 0.0956 e. The molecule has 0 aliphatic heterocycles. The highest BCUT2D eigenvalue weighted by Gasteiger charge is 2.09. The van der Waals surface area contributed by atoms with Gasteiger partial charge in [0, 0.05) is 19.7 Å². The number of aryl methyl sites for hydroxylation is 1. The van der Waals surface area contributed by atoms with Crippen molar-refractivity contribution in [3.05, 3.63) is 18.0 Å². The van der Waals surface area contributed by atoms with Gasteiger partial charge in [0.15, 0.2) is 0 Å². The standard InChI is InChI=1S/C10H14N2O/c1-3-4-5-6-10(13)9-7-8-11-12(9)2/h1,7-8,10,13H,4-6H2,2H3. The van der Waals surface area contributed by atoms with E-state index in [-0.39, 0.29) is 0 Å². The smallest absolute Gasteiger partial charge is 0.0956 e. The first kappa shape index (κ1) is 9.82. The summed E-state index contributed by atoms with van der Waals surface area (Å²) in [6.07, 6.45) is 8.62. The van der Waals surface area contributed by atoms with Gasteiger partial charge in [0.05, 0.1) is 11.8 Å². The third-order valence-electron chi connectivity index (χ3n) is 2.00. The highest BCUT2D eigenvalue weighted by molar-refractivity contribution is 5.03. The fraction of sp³-hybridized carbons (Fsp3) is 0.500. The van der Waals surface area contributed by atoms with Crippen molar-refractivity contribution >= 4 is 0 Å². The lowest BCUT2D eigenvalue weighted by molar-refractivity contribution is 0.155. The van der Waals surface area contributed by atoms with Gasteiger partial charge in [-0.15, -0.1) is 12.3 Å². The third-order valence-corrected chi connectivity index (χ3v) is 2.00. The molecule has 1 N–H and O–H groups in total. The Morgan fingerprint density at radius 1 is 1.77 bits per heavy atom. The Labute approximate surface area is 78.4 Å². The minimum atomic E-state index is -0.444. The van der Waals surface area contributed by atoms with Crippen molar-refractivity contribution in [1.82, 2.24) is 9.78 Å². The highest BCUT2D eigenvalue weighted by Crippen LogP contribution is 2.17. The van der Waals surface area contributed by atoms with Gasteiger partial charge in [-0.05, 0) is 18.9 Å². The molecule has 0 saturated heterocycles. The zero-order chi connectivity index (χ0) is 9.68. The van der Waals surface area contributed by atoms with Gasteiger partial charge in [0.25, 0.3) is 0 Å². The fourth-order valence-corrected chi connectivity index (χ4v) is 1.26. The van der Waals surface area contributed by atoms with E-state index in [0.29, 0.717) is 6.42 Å². The van der Waals surface area contributed by atoms with Crippen LogP contribution in [0.25, 0.3) is 0 Å². The van der Waals surface area contributed by atoms with E-state index in [0.717, 1.165) is 18.5 Å². The van der Waals surface area contributed by atoms with Gasteiger partial charge in [0.2, 0.25) is 0 Å². The molecular formula is C10H14N2O. The van der Waals surface area contributed by atoms with Gasteiger partial charge < -0.3 is 5.11 Å². The average Bonchev–Trinajstić information content (AvgIpc) is 2.52. The number of nitrogens with zero attached hydrogens (tertiary/aromatic N) is 2. The molecule has 3 nitrogen and oxygen atoms in total. The number of terminal acetylenes is 1. The van der Waals surface area contributed by atoms with Gasteiger partial charge in [-0.2, -0.15) is 5.10 Å². The predicted molar refractivity (Wildman–Crippen MR) is 50.9 cm³/mol. The Bertz CT molecular complexity index is 298. The minimum Gasteiger partial charge on any atom is -0.387 e. The van der Waals surface area contributed by atoms with Crippen LogP contribution < -0.4 is 0 Å². The summed E-state index contributed by atoms with van der Waals surface area (Å²) in [5.41, 5.74) is 0.844. The monoisotopic (exact) mass is 178 g/mol. The topological polar surface area (TPSA) is 38.1 Å². The molecule has 0 amide bonds. The molecule has 1 aromatic rings. The van der Waals surface area contributed by atoms with E-state index in [1.807, 2.05) is 13.1 Å². The second-order valence-electron chi connectivity index (χ2n) is 2.99. The summed E-state index contributed by atoms with van der Waals surface area (Å²) in [6.45, 7) is 0. The van der Waals surface area contributed by atoms with E-state index < -0.39 is 6.10 Å². The van der Waals surface area contributed by atoms with Crippen LogP contribution in [0.5, 0.6) is 0 Å². The molecule has 0 fully saturated rings. The molecule has 0 bridgehead atoms. The Balaban J connectivity index is 2.45. The summed E-state index contributed by atoms with van der Waals surface area (Å²) < 4.78 is 1.68. The first-order valence-electron chi connectivity index (χ1n) is 4.35. The molecule has 1 unspecified atom stereocenters. The molecule has 0 aliphatic rings. The molecule has 0 aliphatic carbocycles. The Hall–Kier alpha value is -1.27. The second-order valence-corrected chi connectivity index (χ2v) is 2.99. The lowest BCUT2D eigenvalue weighted by atomic mass is 10.1. The minimum absolute atomic E-state index is 0.444. The van der Waals surface area contributed by atoms with E-state index in [1.54, 1.807) is 10.9 Å². The third kappa shape index (κ3) is 2.60. The van der Waals surface area contributed by atoms with Crippen LogP contribution in [0.4, 0.5) is 0 Å². The number of hydrogen-bond donors (Lipinski definition) is 1. The van der Waals surface area contributed by atoms with Crippen LogP contribution in [0.2, 0.25) is 0 Å². The summed E-state index contributed by atoms with van der Waals surface area (Å²) >= 11 is 0. The maximum absolute atomic E-state index is 9.69. The van der Waals surface area contributed by atoms with Crippen molar-refractivity contribution in [3.63, 3.8) is 0 Å². The Morgan fingerprint density at radius 2 is 2.54 bits per heavy atom. The molecular weight excluding hydrogens is 164 g/mol. The zero-order valence-electron chi connectivity index (χ0n) is 7.77. The molecule has 1 aromatic heterocycles. The fourth-order valence-electron chi connectivity index (χ4n) is 1.26. The van der Waals surface area contributed by atoms with Crippen molar-refractivity contribution in [2.24, 2.45) is 7.05 Å². The van der Waals surface area contributed by atoms with Gasteiger partial charge in [0.1, 0.15) is 0 Å². The van der Waals surface area contributed by atoms with Crippen molar-refractivity contribution in [3.8, 4) is 12.3 Å². The summed E-state index contributed by atoms with van der Waals surface area (Å²) in [5.74, 6) is 2.55. The van der Waals surface area contributed by atoms with Crippen LogP contribution in [0.1, 0.15) is 31.1 Å². The lowest BCUT2D eigenvalue weighted by Gasteiger charge is -2.09. The van der Waals surface area contributed by atoms with E-state index in [9.17, 15) is 5.11 Å². The van der Waals surface area contributed by atoms with Crippen molar-refractivity contribution in [2.45, 2.75) is 25.4 Å². The normalized spacial score (nSPS) is 12.4. The number of aliphatic hydroxyl groups excluding tert-OH is 1. The molecule has 1 heterocycles. The van der Waals surface area contributed by atoms with Crippen LogP contribution >= 0.6 is 0 Å². The molecule has 13 heavy (non-hydrogen) atoms. The van der Waals surface area contributed by atoms with Gasteiger partial charge in [-0.1, -0.05) is 0 Å². The molecule has 1 rings (SSSR count). The number of hydrogen-bond acceptors (Lipinski definition) is 2. The summed E-state index contributed by atoms with van der Waals surface area (Å²) in [6, 6.07) is 1.82. The van der Waals surface area contributed by atoms with Crippen LogP contribution in [0.3, 0.4) is 0 Å². The Morgan fingerprint density at radius 3 is 3.08 bits per heavy atom. The molecule has 1 atom stereocenters. The first-order valence-corrected chi connectivity index (χ1v) is 4.35. The van der Waals surface area contributed by atoms with Crippen LogP contribution in [0.15, 0.2) is 12.3 Å². The Kier molecular flexibility index (Phi) is 3.53. The predicted octanol–water partition coefficient (Wildman–Crippen LogP) is 1.26. The SMILES string of the molecule is C#CCCCC(O)c1ccnn1C. The van der Waals surface area contributed by atoms with Gasteiger partial charge >= 0.3 is 0 Å². The molecule has 3 heteroatoms. The van der Waals surface area contributed by atoms with E-state index in [1.165, 1.54) is 0 Å². The molecule has 70 valence electrons. The maximum atomic E-state index is 9.69. The lowest BCUT2D eigenvalue weighted by Crippen LogP contribution is -2.04. The molecule has 0 aromatic carbocycles. The number of aliphatic hydroxyl groups is 1. The molecule has 0 saturated carbocycles. The van der Waals surface area contributed by atoms with E-state index in [2.05, 4.69) is 11.0 Å². The number of rotatable bonds is 4. The van der Waals surface area contributed by atoms with Crippen LogP contribution in [0, 0.1) is 12.3 Å². The van der Waals surface area contributed by atoms with Crippen molar-refractivity contribution < 1.29 is 5.11 Å². The molecule has 0 radical (unpaired) electrons. The molecule has 0 spiro atoms. The van der Waals surface area contributed by atoms with Crippen molar-refractivity contribution in [1.29, 1.82) is 0 Å². The van der Waals surface area contributed by atoms with Gasteiger partial charge in [-0.3, -0.25) is 4.68 Å². The highest BCUT2D eigenvalue weighted by atomic mass is 16.3. The summed E-state index contributed by atoms with van der Waals surface area (Å²) in [5, 5.41) is 13.7. The van der Waals surface area contributed by atoms with Crippen LogP contribution in [-0.4, -0.2) is 14.9 Å². The summed E-state index contributed by atoms with van der Waals surface area (Å²) in [7, 11) is 1.82. The van der Waals surface area contributed by atoms with Gasteiger partial charge in [-0.25, -0.2) is 0 Å². The quantitative estimate of drug-likeness (QED) is 0.556. The van der Waals surface area contributed by atoms with E-state index >= 15 is 0 Å². The zero-order valence-corrected chi connectivity index (χ0v) is 7.77. The second kappa shape index (κ2) is 4.68. The average molecular weight is 178 g/mol. The summed E-state index contributed by atoms with van der Waals surface area (Å²) in [4.78, 5) is 0. The van der Waals surface area contributed by atoms with Crippen molar-refractivity contribution in [2.75, 3.05) is 0 Å². The number of aromatic nitrogens is 2. The van der Waals surface area contributed by atoms with E-state index in [4.69, 9.17) is 6.42 Å². The van der Waals surface area contributed by atoms with Crippen LogP contribution in [-0.2, 0) is 7.05 Å². The first-order chi connectivity index (χ1) is 6.25. The number of unbranched alkanes of at least 4 members (excludes halogenated alkanes) is 1. The largest absolute Gasteiger partial charge is 0.387 e.